The van der Waals surface area contributed by atoms with Crippen LogP contribution in [0.5, 0.6) is 0 Å². The summed E-state index contributed by atoms with van der Waals surface area (Å²) >= 11 is 0. The first-order chi connectivity index (χ1) is 6.25. The second-order valence-electron chi connectivity index (χ2n) is 3.71. The number of hydrogen-bond donors (Lipinski definition) is 2. The van der Waals surface area contributed by atoms with E-state index in [0.717, 1.165) is 12.8 Å². The molecule has 1 unspecified atom stereocenters. The molecule has 0 aliphatic rings. The molecule has 0 aliphatic carbocycles. The molecule has 0 aromatic heterocycles. The Balaban J connectivity index is 4.05. The normalized spacial score (nSPS) is 15.6. The minimum Gasteiger partial charge on any atom is -0.382 e. The fourth-order valence-corrected chi connectivity index (χ4v) is 0.959. The third-order valence-electron chi connectivity index (χ3n) is 2.66. The zero-order chi connectivity index (χ0) is 11.4. The maximum absolute atomic E-state index is 11.9. The first kappa shape index (κ1) is 13.7. The minimum atomic E-state index is -4.53. The second-order valence-corrected chi connectivity index (χ2v) is 3.71. The van der Waals surface area contributed by atoms with Crippen LogP contribution in [0.25, 0.3) is 0 Å². The molecule has 0 amide bonds. The standard InChI is InChI=1S/C9H18F3NO/c1-4-8(3,5-2)13-6-7(14)9(10,11)12/h7,13-14H,4-6H2,1-3H3. The number of hydrogen-bond acceptors (Lipinski definition) is 2. The third-order valence-corrected chi connectivity index (χ3v) is 2.66. The van der Waals surface area contributed by atoms with E-state index in [2.05, 4.69) is 5.32 Å². The van der Waals surface area contributed by atoms with Crippen molar-refractivity contribution < 1.29 is 18.3 Å². The van der Waals surface area contributed by atoms with Crippen molar-refractivity contribution >= 4 is 0 Å². The molecule has 5 heteroatoms. The first-order valence-electron chi connectivity index (χ1n) is 4.75. The summed E-state index contributed by atoms with van der Waals surface area (Å²) in [6.45, 7) is 5.20. The summed E-state index contributed by atoms with van der Waals surface area (Å²) in [6.07, 6.45) is -5.35. The van der Waals surface area contributed by atoms with Gasteiger partial charge in [0.05, 0.1) is 0 Å². The van der Waals surface area contributed by atoms with E-state index >= 15 is 0 Å². The maximum atomic E-state index is 11.9. The van der Waals surface area contributed by atoms with Crippen LogP contribution in [0.4, 0.5) is 13.2 Å². The Labute approximate surface area is 82.5 Å². The van der Waals surface area contributed by atoms with Crippen molar-refractivity contribution in [2.45, 2.75) is 51.4 Å². The molecule has 2 N–H and O–H groups in total. The van der Waals surface area contributed by atoms with Gasteiger partial charge in [0, 0.05) is 12.1 Å². The SMILES string of the molecule is CCC(C)(CC)NCC(O)C(F)(F)F. The van der Waals surface area contributed by atoms with E-state index in [0.29, 0.717) is 0 Å². The average Bonchev–Trinajstić information content (AvgIpc) is 2.12. The number of rotatable bonds is 5. The quantitative estimate of drug-likeness (QED) is 0.732. The van der Waals surface area contributed by atoms with Crippen molar-refractivity contribution in [1.82, 2.24) is 5.32 Å². The Hall–Kier alpha value is -0.290. The molecule has 0 rings (SSSR count). The number of alkyl halides is 3. The van der Waals surface area contributed by atoms with E-state index in [9.17, 15) is 13.2 Å². The summed E-state index contributed by atoms with van der Waals surface area (Å²) in [7, 11) is 0. The van der Waals surface area contributed by atoms with E-state index < -0.39 is 18.8 Å². The van der Waals surface area contributed by atoms with Crippen LogP contribution in [0.3, 0.4) is 0 Å². The van der Waals surface area contributed by atoms with Gasteiger partial charge in [0.25, 0.3) is 0 Å². The van der Waals surface area contributed by atoms with Crippen molar-refractivity contribution in [1.29, 1.82) is 0 Å². The highest BCUT2D eigenvalue weighted by molar-refractivity contribution is 4.82. The molecule has 0 bridgehead atoms. The van der Waals surface area contributed by atoms with Crippen LogP contribution in [0, 0.1) is 0 Å². The summed E-state index contributed by atoms with van der Waals surface area (Å²) in [5.41, 5.74) is -0.327. The molecular weight excluding hydrogens is 195 g/mol. The Morgan fingerprint density at radius 1 is 1.21 bits per heavy atom. The third kappa shape index (κ3) is 4.28. The highest BCUT2D eigenvalue weighted by Crippen LogP contribution is 2.21. The van der Waals surface area contributed by atoms with E-state index in [1.807, 2.05) is 20.8 Å². The molecule has 1 atom stereocenters. The average molecular weight is 213 g/mol. The molecule has 0 saturated heterocycles. The molecule has 0 fully saturated rings. The lowest BCUT2D eigenvalue weighted by molar-refractivity contribution is -0.202. The zero-order valence-corrected chi connectivity index (χ0v) is 8.78. The van der Waals surface area contributed by atoms with Crippen LogP contribution < -0.4 is 5.32 Å². The lowest BCUT2D eigenvalue weighted by atomic mass is 9.95. The van der Waals surface area contributed by atoms with Gasteiger partial charge >= 0.3 is 6.18 Å². The van der Waals surface area contributed by atoms with Gasteiger partial charge in [-0.3, -0.25) is 0 Å². The highest BCUT2D eigenvalue weighted by atomic mass is 19.4. The van der Waals surface area contributed by atoms with Crippen molar-refractivity contribution in [3.8, 4) is 0 Å². The summed E-state index contributed by atoms with van der Waals surface area (Å²) in [5.74, 6) is 0. The minimum absolute atomic E-state index is 0.327. The van der Waals surface area contributed by atoms with Gasteiger partial charge in [0.2, 0.25) is 0 Å². The summed E-state index contributed by atoms with van der Waals surface area (Å²) in [4.78, 5) is 0. The van der Waals surface area contributed by atoms with Gasteiger partial charge in [-0.1, -0.05) is 13.8 Å². The lowest BCUT2D eigenvalue weighted by Crippen LogP contribution is -2.48. The fourth-order valence-electron chi connectivity index (χ4n) is 0.959. The summed E-state index contributed by atoms with van der Waals surface area (Å²) in [6, 6.07) is 0. The molecule has 2 nitrogen and oxygen atoms in total. The van der Waals surface area contributed by atoms with E-state index in [-0.39, 0.29) is 5.54 Å². The maximum Gasteiger partial charge on any atom is 0.415 e. The van der Waals surface area contributed by atoms with Gasteiger partial charge in [0.15, 0.2) is 6.10 Å². The van der Waals surface area contributed by atoms with Gasteiger partial charge in [-0.25, -0.2) is 0 Å². The van der Waals surface area contributed by atoms with Crippen molar-refractivity contribution in [3.63, 3.8) is 0 Å². The molecule has 0 heterocycles. The predicted molar refractivity (Wildman–Crippen MR) is 49.1 cm³/mol. The largest absolute Gasteiger partial charge is 0.415 e. The number of aliphatic hydroxyl groups is 1. The Bertz CT molecular complexity index is 166. The Morgan fingerprint density at radius 2 is 1.64 bits per heavy atom. The Kier molecular flexibility index (Phi) is 4.88. The predicted octanol–water partition coefficient (Wildman–Crippen LogP) is 2.08. The van der Waals surface area contributed by atoms with Gasteiger partial charge in [-0.2, -0.15) is 13.2 Å². The molecule has 14 heavy (non-hydrogen) atoms. The number of nitrogens with one attached hydrogen (secondary N) is 1. The van der Waals surface area contributed by atoms with Crippen LogP contribution in [0.15, 0.2) is 0 Å². The van der Waals surface area contributed by atoms with Crippen LogP contribution in [-0.2, 0) is 0 Å². The molecule has 86 valence electrons. The van der Waals surface area contributed by atoms with E-state index in [1.165, 1.54) is 0 Å². The summed E-state index contributed by atoms with van der Waals surface area (Å²) in [5, 5.41) is 11.5. The van der Waals surface area contributed by atoms with Gasteiger partial charge < -0.3 is 10.4 Å². The molecule has 0 spiro atoms. The molecule has 0 aromatic carbocycles. The van der Waals surface area contributed by atoms with Crippen molar-refractivity contribution in [3.05, 3.63) is 0 Å². The molecular formula is C9H18F3NO. The number of halogens is 3. The molecule has 0 radical (unpaired) electrons. The molecule has 0 saturated carbocycles. The summed E-state index contributed by atoms with van der Waals surface area (Å²) < 4.78 is 35.8. The first-order valence-corrected chi connectivity index (χ1v) is 4.75. The van der Waals surface area contributed by atoms with Gasteiger partial charge in [-0.05, 0) is 19.8 Å². The van der Waals surface area contributed by atoms with Crippen LogP contribution in [0.1, 0.15) is 33.6 Å². The zero-order valence-electron chi connectivity index (χ0n) is 8.78. The lowest BCUT2D eigenvalue weighted by Gasteiger charge is -2.30. The Morgan fingerprint density at radius 3 is 1.93 bits per heavy atom. The molecule has 0 aromatic rings. The van der Waals surface area contributed by atoms with E-state index in [1.54, 1.807) is 0 Å². The van der Waals surface area contributed by atoms with Crippen LogP contribution in [-0.4, -0.2) is 29.5 Å². The van der Waals surface area contributed by atoms with Crippen LogP contribution >= 0.6 is 0 Å². The molecule has 0 aliphatic heterocycles. The smallest absolute Gasteiger partial charge is 0.382 e. The number of β-amino-alcohol motifs (C(OH)–C–C–N with tert-alkyl or cyclic N) is 1. The highest BCUT2D eigenvalue weighted by Gasteiger charge is 2.38. The van der Waals surface area contributed by atoms with Crippen molar-refractivity contribution in [2.75, 3.05) is 6.54 Å². The number of aliphatic hydroxyl groups excluding tert-OH is 1. The van der Waals surface area contributed by atoms with Gasteiger partial charge in [-0.15, -0.1) is 0 Å². The van der Waals surface area contributed by atoms with Crippen molar-refractivity contribution in [2.24, 2.45) is 0 Å². The fraction of sp³-hybridized carbons (Fsp3) is 1.00. The van der Waals surface area contributed by atoms with Gasteiger partial charge in [0.1, 0.15) is 0 Å². The van der Waals surface area contributed by atoms with Crippen LogP contribution in [0.2, 0.25) is 0 Å². The monoisotopic (exact) mass is 213 g/mol. The van der Waals surface area contributed by atoms with E-state index in [4.69, 9.17) is 5.11 Å². The topological polar surface area (TPSA) is 32.3 Å². The second kappa shape index (κ2) is 4.98.